The van der Waals surface area contributed by atoms with E-state index >= 15 is 0 Å². The molecular formula is C31H36O5. The molecule has 0 heterocycles. The third-order valence-corrected chi connectivity index (χ3v) is 6.44. The average molecular weight is 489 g/mol. The summed E-state index contributed by atoms with van der Waals surface area (Å²) in [5, 5.41) is 0. The van der Waals surface area contributed by atoms with Crippen LogP contribution in [0.3, 0.4) is 0 Å². The summed E-state index contributed by atoms with van der Waals surface area (Å²) in [5.74, 6) is 1.74. The zero-order valence-corrected chi connectivity index (χ0v) is 21.5. The average Bonchev–Trinajstić information content (AvgIpc) is 3.22. The third-order valence-electron chi connectivity index (χ3n) is 6.44. The van der Waals surface area contributed by atoms with Crippen molar-refractivity contribution in [2.45, 2.75) is 52.1 Å². The number of carbonyl (C=O) groups is 1. The summed E-state index contributed by atoms with van der Waals surface area (Å²) >= 11 is 0. The van der Waals surface area contributed by atoms with Crippen molar-refractivity contribution in [3.63, 3.8) is 0 Å². The molecule has 0 aromatic heterocycles. The number of carbonyl (C=O) groups excluding carboxylic acids is 1. The van der Waals surface area contributed by atoms with Gasteiger partial charge in [-0.1, -0.05) is 55.5 Å². The van der Waals surface area contributed by atoms with Crippen molar-refractivity contribution in [2.75, 3.05) is 26.4 Å². The SMILES string of the molecule is CCCOc1cccc2c1-c1ccccc1C2CCOc1ccc(CC(OCC)C(=O)OCC)cc1. The fraction of sp³-hybridized carbons (Fsp3) is 0.387. The van der Waals surface area contributed by atoms with Crippen LogP contribution in [-0.4, -0.2) is 38.5 Å². The van der Waals surface area contributed by atoms with Gasteiger partial charge in [0.25, 0.3) is 0 Å². The molecular weight excluding hydrogens is 452 g/mol. The molecule has 0 spiro atoms. The van der Waals surface area contributed by atoms with E-state index in [4.69, 9.17) is 18.9 Å². The molecule has 0 saturated carbocycles. The Morgan fingerprint density at radius 3 is 2.36 bits per heavy atom. The van der Waals surface area contributed by atoms with Crippen molar-refractivity contribution in [2.24, 2.45) is 0 Å². The molecule has 3 aromatic carbocycles. The van der Waals surface area contributed by atoms with Crippen molar-refractivity contribution in [1.82, 2.24) is 0 Å². The van der Waals surface area contributed by atoms with Crippen LogP contribution in [0.4, 0.5) is 0 Å². The molecule has 0 amide bonds. The van der Waals surface area contributed by atoms with E-state index in [0.717, 1.165) is 29.9 Å². The van der Waals surface area contributed by atoms with Crippen LogP contribution < -0.4 is 9.47 Å². The van der Waals surface area contributed by atoms with E-state index in [9.17, 15) is 4.79 Å². The number of rotatable bonds is 13. The summed E-state index contributed by atoms with van der Waals surface area (Å²) in [6.07, 6.45) is 1.75. The van der Waals surface area contributed by atoms with E-state index in [2.05, 4.69) is 49.4 Å². The summed E-state index contributed by atoms with van der Waals surface area (Å²) in [5.41, 5.74) is 6.14. The fourth-order valence-electron chi connectivity index (χ4n) is 4.84. The standard InChI is InChI=1S/C31H36O5/c1-4-19-36-28-13-9-12-27-25(24-10-7-8-11-26(24)30(27)28)18-20-35-23-16-14-22(15-17-23)21-29(33-5-2)31(32)34-6-3/h7-17,25,29H,4-6,18-21H2,1-3H3. The minimum Gasteiger partial charge on any atom is -0.494 e. The lowest BCUT2D eigenvalue weighted by molar-refractivity contribution is -0.156. The summed E-state index contributed by atoms with van der Waals surface area (Å²) in [6.45, 7) is 7.93. The molecule has 0 fully saturated rings. The quantitative estimate of drug-likeness (QED) is 0.255. The number of esters is 1. The molecule has 1 aliphatic carbocycles. The summed E-state index contributed by atoms with van der Waals surface area (Å²) in [7, 11) is 0. The van der Waals surface area contributed by atoms with Crippen LogP contribution in [0.5, 0.6) is 11.5 Å². The van der Waals surface area contributed by atoms with Gasteiger partial charge in [-0.25, -0.2) is 4.79 Å². The van der Waals surface area contributed by atoms with Gasteiger partial charge in [-0.2, -0.15) is 0 Å². The Balaban J connectivity index is 1.40. The second-order valence-corrected chi connectivity index (χ2v) is 8.89. The van der Waals surface area contributed by atoms with E-state index in [1.807, 2.05) is 31.2 Å². The molecule has 36 heavy (non-hydrogen) atoms. The van der Waals surface area contributed by atoms with Crippen LogP contribution >= 0.6 is 0 Å². The molecule has 190 valence electrons. The maximum Gasteiger partial charge on any atom is 0.335 e. The highest BCUT2D eigenvalue weighted by Gasteiger charge is 2.30. The van der Waals surface area contributed by atoms with E-state index in [1.54, 1.807) is 6.92 Å². The molecule has 2 unspecified atom stereocenters. The van der Waals surface area contributed by atoms with Crippen molar-refractivity contribution in [3.8, 4) is 22.6 Å². The van der Waals surface area contributed by atoms with E-state index in [0.29, 0.717) is 32.8 Å². The third kappa shape index (κ3) is 5.90. The molecule has 0 saturated heterocycles. The van der Waals surface area contributed by atoms with Crippen molar-refractivity contribution in [3.05, 3.63) is 83.4 Å². The Morgan fingerprint density at radius 1 is 0.833 bits per heavy atom. The zero-order valence-electron chi connectivity index (χ0n) is 21.5. The van der Waals surface area contributed by atoms with Gasteiger partial charge >= 0.3 is 5.97 Å². The Bertz CT molecular complexity index is 1140. The van der Waals surface area contributed by atoms with Crippen molar-refractivity contribution in [1.29, 1.82) is 0 Å². The lowest BCUT2D eigenvalue weighted by atomic mass is 9.94. The van der Waals surface area contributed by atoms with Gasteiger partial charge in [-0.05, 0) is 67.1 Å². The van der Waals surface area contributed by atoms with Crippen LogP contribution in [0, 0.1) is 0 Å². The van der Waals surface area contributed by atoms with Crippen molar-refractivity contribution >= 4 is 5.97 Å². The highest BCUT2D eigenvalue weighted by Crippen LogP contribution is 2.50. The molecule has 3 aromatic rings. The minimum atomic E-state index is -0.588. The Morgan fingerprint density at radius 2 is 1.61 bits per heavy atom. The fourth-order valence-corrected chi connectivity index (χ4v) is 4.84. The largest absolute Gasteiger partial charge is 0.494 e. The molecule has 2 atom stereocenters. The number of hydrogen-bond donors (Lipinski definition) is 0. The lowest BCUT2D eigenvalue weighted by Gasteiger charge is -2.16. The maximum absolute atomic E-state index is 12.1. The lowest BCUT2D eigenvalue weighted by Crippen LogP contribution is -2.28. The minimum absolute atomic E-state index is 0.275. The van der Waals surface area contributed by atoms with Gasteiger partial charge in [0, 0.05) is 24.5 Å². The van der Waals surface area contributed by atoms with Crippen LogP contribution in [0.15, 0.2) is 66.7 Å². The highest BCUT2D eigenvalue weighted by atomic mass is 16.6. The summed E-state index contributed by atoms with van der Waals surface area (Å²) < 4.78 is 22.9. The number of ether oxygens (including phenoxy) is 4. The van der Waals surface area contributed by atoms with Gasteiger partial charge in [0.05, 0.1) is 19.8 Å². The first-order valence-corrected chi connectivity index (χ1v) is 13.0. The molecule has 4 rings (SSSR count). The van der Waals surface area contributed by atoms with E-state index < -0.39 is 6.10 Å². The number of benzene rings is 3. The first kappa shape index (κ1) is 25.8. The highest BCUT2D eigenvalue weighted by molar-refractivity contribution is 5.83. The molecule has 0 bridgehead atoms. The van der Waals surface area contributed by atoms with Gasteiger partial charge in [-0.15, -0.1) is 0 Å². The van der Waals surface area contributed by atoms with Crippen LogP contribution in [-0.2, 0) is 20.7 Å². The first-order chi connectivity index (χ1) is 17.7. The Kier molecular flexibility index (Phi) is 9.01. The van der Waals surface area contributed by atoms with Gasteiger partial charge in [0.2, 0.25) is 0 Å². The Hall–Kier alpha value is -3.31. The van der Waals surface area contributed by atoms with Gasteiger partial charge in [-0.3, -0.25) is 0 Å². The molecule has 0 N–H and O–H groups in total. The normalized spacial score (nSPS) is 14.6. The maximum atomic E-state index is 12.1. The smallest absolute Gasteiger partial charge is 0.335 e. The summed E-state index contributed by atoms with van der Waals surface area (Å²) in [4.78, 5) is 12.1. The van der Waals surface area contributed by atoms with E-state index in [1.165, 1.54) is 22.3 Å². The van der Waals surface area contributed by atoms with Crippen LogP contribution in [0.2, 0.25) is 0 Å². The zero-order chi connectivity index (χ0) is 25.3. The predicted octanol–water partition coefficient (Wildman–Crippen LogP) is 6.57. The van der Waals surface area contributed by atoms with Crippen LogP contribution in [0.25, 0.3) is 11.1 Å². The van der Waals surface area contributed by atoms with Gasteiger partial charge < -0.3 is 18.9 Å². The predicted molar refractivity (Wildman–Crippen MR) is 142 cm³/mol. The van der Waals surface area contributed by atoms with Crippen LogP contribution in [0.1, 0.15) is 56.2 Å². The number of fused-ring (bicyclic) bond motifs is 3. The molecule has 0 aliphatic heterocycles. The topological polar surface area (TPSA) is 54.0 Å². The second kappa shape index (κ2) is 12.6. The van der Waals surface area contributed by atoms with Gasteiger partial charge in [0.1, 0.15) is 11.5 Å². The number of hydrogen-bond acceptors (Lipinski definition) is 5. The van der Waals surface area contributed by atoms with E-state index in [-0.39, 0.29) is 11.9 Å². The molecule has 5 heteroatoms. The Labute approximate surface area is 214 Å². The van der Waals surface area contributed by atoms with Crippen molar-refractivity contribution < 1.29 is 23.7 Å². The summed E-state index contributed by atoms with van der Waals surface area (Å²) in [6, 6.07) is 22.9. The second-order valence-electron chi connectivity index (χ2n) is 8.89. The molecule has 0 radical (unpaired) electrons. The molecule has 1 aliphatic rings. The van der Waals surface area contributed by atoms with Gasteiger partial charge in [0.15, 0.2) is 6.10 Å². The monoisotopic (exact) mass is 488 g/mol. The first-order valence-electron chi connectivity index (χ1n) is 13.0. The molecule has 5 nitrogen and oxygen atoms in total.